The third-order valence-electron chi connectivity index (χ3n) is 3.83. The van der Waals surface area contributed by atoms with E-state index in [1.165, 1.54) is 12.1 Å². The summed E-state index contributed by atoms with van der Waals surface area (Å²) < 4.78 is 42.5. The van der Waals surface area contributed by atoms with Gasteiger partial charge in [-0.15, -0.1) is 0 Å². The van der Waals surface area contributed by atoms with Crippen LogP contribution in [0.25, 0.3) is 0 Å². The fraction of sp³-hybridized carbons (Fsp3) is 0.300. The number of alkyl carbamates (subject to hydrolysis) is 1. The Balaban J connectivity index is 1.58. The normalized spacial score (nSPS) is 11.0. The molecule has 0 radical (unpaired) electrons. The molecule has 0 aliphatic rings. The van der Waals surface area contributed by atoms with Gasteiger partial charge in [-0.1, -0.05) is 42.5 Å². The van der Waals surface area contributed by atoms with Gasteiger partial charge in [0.15, 0.2) is 0 Å². The van der Waals surface area contributed by atoms with Crippen LogP contribution in [0.3, 0.4) is 0 Å². The minimum atomic E-state index is -4.38. The van der Waals surface area contributed by atoms with E-state index in [-0.39, 0.29) is 32.0 Å². The second-order valence-electron chi connectivity index (χ2n) is 6.06. The number of nitrogens with one attached hydrogen (secondary N) is 2. The molecule has 0 unspecified atom stereocenters. The number of hydrogen-bond acceptors (Lipinski definition) is 3. The van der Waals surface area contributed by atoms with Gasteiger partial charge >= 0.3 is 12.3 Å². The van der Waals surface area contributed by atoms with Crippen molar-refractivity contribution >= 4 is 12.0 Å². The summed E-state index contributed by atoms with van der Waals surface area (Å²) in [7, 11) is 0. The van der Waals surface area contributed by atoms with Gasteiger partial charge in [0.25, 0.3) is 0 Å². The van der Waals surface area contributed by atoms with Gasteiger partial charge in [-0.25, -0.2) is 4.79 Å². The van der Waals surface area contributed by atoms with E-state index in [4.69, 9.17) is 4.74 Å². The molecule has 0 aliphatic carbocycles. The van der Waals surface area contributed by atoms with Gasteiger partial charge in [0.1, 0.15) is 6.61 Å². The van der Waals surface area contributed by atoms with Gasteiger partial charge in [0.05, 0.1) is 5.56 Å². The van der Waals surface area contributed by atoms with Crippen molar-refractivity contribution in [3.8, 4) is 0 Å². The number of hydrogen-bond donors (Lipinski definition) is 2. The Morgan fingerprint density at radius 3 is 2.21 bits per heavy atom. The Kier molecular flexibility index (Phi) is 7.86. The lowest BCUT2D eigenvalue weighted by Gasteiger charge is -2.09. The van der Waals surface area contributed by atoms with Crippen LogP contribution in [0.2, 0.25) is 0 Å². The highest BCUT2D eigenvalue weighted by Crippen LogP contribution is 2.29. The molecule has 0 bridgehead atoms. The second-order valence-corrected chi connectivity index (χ2v) is 6.06. The molecular formula is C20H21F3N2O3. The summed E-state index contributed by atoms with van der Waals surface area (Å²) in [5, 5.41) is 5.18. The highest BCUT2D eigenvalue weighted by molar-refractivity contribution is 5.76. The topological polar surface area (TPSA) is 67.4 Å². The maximum atomic E-state index is 12.5. The van der Waals surface area contributed by atoms with Crippen molar-refractivity contribution in [1.82, 2.24) is 10.6 Å². The molecule has 0 fully saturated rings. The predicted molar refractivity (Wildman–Crippen MR) is 97.2 cm³/mol. The molecule has 0 saturated heterocycles. The first-order chi connectivity index (χ1) is 13.3. The SMILES string of the molecule is O=C(CCCNC(=O)OCc1ccccc1)NCc1ccc(C(F)(F)F)cc1. The average Bonchev–Trinajstić information content (AvgIpc) is 2.68. The zero-order chi connectivity index (χ0) is 20.4. The van der Waals surface area contributed by atoms with Crippen LogP contribution in [0.15, 0.2) is 54.6 Å². The molecule has 0 aliphatic heterocycles. The Labute approximate surface area is 160 Å². The van der Waals surface area contributed by atoms with Gasteiger partial charge in [-0.2, -0.15) is 13.2 Å². The lowest BCUT2D eigenvalue weighted by atomic mass is 10.1. The van der Waals surface area contributed by atoms with Crippen LogP contribution in [-0.2, 0) is 28.9 Å². The molecule has 2 aromatic carbocycles. The number of carbonyl (C=O) groups excluding carboxylic acids is 2. The van der Waals surface area contributed by atoms with Gasteiger partial charge in [-0.3, -0.25) is 4.79 Å². The molecule has 28 heavy (non-hydrogen) atoms. The maximum Gasteiger partial charge on any atom is 0.416 e. The smallest absolute Gasteiger partial charge is 0.416 e. The number of carbonyl (C=O) groups is 2. The minimum absolute atomic E-state index is 0.142. The first-order valence-electron chi connectivity index (χ1n) is 8.72. The van der Waals surface area contributed by atoms with E-state index < -0.39 is 17.8 Å². The summed E-state index contributed by atoms with van der Waals surface area (Å²) >= 11 is 0. The minimum Gasteiger partial charge on any atom is -0.445 e. The fourth-order valence-electron chi connectivity index (χ4n) is 2.31. The molecule has 0 aromatic heterocycles. The standard InChI is InChI=1S/C20H21F3N2O3/c21-20(22,23)17-10-8-15(9-11-17)13-25-18(26)7-4-12-24-19(27)28-14-16-5-2-1-3-6-16/h1-3,5-6,8-11H,4,7,12-14H2,(H,24,27)(H,25,26). The lowest BCUT2D eigenvalue weighted by molar-refractivity contribution is -0.137. The number of alkyl halides is 3. The van der Waals surface area contributed by atoms with Crippen LogP contribution in [0.4, 0.5) is 18.0 Å². The molecule has 5 nitrogen and oxygen atoms in total. The van der Waals surface area contributed by atoms with E-state index in [9.17, 15) is 22.8 Å². The van der Waals surface area contributed by atoms with Crippen molar-refractivity contribution < 1.29 is 27.5 Å². The fourth-order valence-corrected chi connectivity index (χ4v) is 2.31. The van der Waals surface area contributed by atoms with Crippen molar-refractivity contribution in [1.29, 1.82) is 0 Å². The van der Waals surface area contributed by atoms with Crippen LogP contribution in [-0.4, -0.2) is 18.5 Å². The number of benzene rings is 2. The average molecular weight is 394 g/mol. The third kappa shape index (κ3) is 7.69. The van der Waals surface area contributed by atoms with E-state index >= 15 is 0 Å². The molecule has 0 atom stereocenters. The molecule has 0 heterocycles. The Bertz CT molecular complexity index is 763. The van der Waals surface area contributed by atoms with Crippen LogP contribution in [0.5, 0.6) is 0 Å². The van der Waals surface area contributed by atoms with Crippen molar-refractivity contribution in [2.24, 2.45) is 0 Å². The molecule has 2 aromatic rings. The zero-order valence-corrected chi connectivity index (χ0v) is 15.1. The van der Waals surface area contributed by atoms with Gasteiger partial charge < -0.3 is 15.4 Å². The van der Waals surface area contributed by atoms with E-state index in [0.717, 1.165) is 17.7 Å². The number of rotatable bonds is 8. The Morgan fingerprint density at radius 2 is 1.57 bits per heavy atom. The highest BCUT2D eigenvalue weighted by atomic mass is 19.4. The van der Waals surface area contributed by atoms with E-state index in [0.29, 0.717) is 12.0 Å². The molecule has 8 heteroatoms. The largest absolute Gasteiger partial charge is 0.445 e. The summed E-state index contributed by atoms with van der Waals surface area (Å²) in [5.74, 6) is -0.251. The molecule has 0 saturated carbocycles. The van der Waals surface area contributed by atoms with Crippen LogP contribution < -0.4 is 10.6 Å². The quantitative estimate of drug-likeness (QED) is 0.665. The van der Waals surface area contributed by atoms with Crippen molar-refractivity contribution in [2.75, 3.05) is 6.54 Å². The van der Waals surface area contributed by atoms with Gasteiger partial charge in [0.2, 0.25) is 5.91 Å². The first kappa shape index (κ1) is 21.3. The van der Waals surface area contributed by atoms with Crippen molar-refractivity contribution in [3.63, 3.8) is 0 Å². The van der Waals surface area contributed by atoms with Crippen molar-refractivity contribution in [3.05, 3.63) is 71.3 Å². The second kappa shape index (κ2) is 10.3. The van der Waals surface area contributed by atoms with Crippen LogP contribution in [0, 0.1) is 0 Å². The van der Waals surface area contributed by atoms with Crippen LogP contribution in [0.1, 0.15) is 29.5 Å². The number of ether oxygens (including phenoxy) is 1. The summed E-state index contributed by atoms with van der Waals surface area (Å²) in [6.45, 7) is 0.588. The summed E-state index contributed by atoms with van der Waals surface area (Å²) in [5.41, 5.74) is 0.720. The number of halogens is 3. The first-order valence-corrected chi connectivity index (χ1v) is 8.72. The zero-order valence-electron chi connectivity index (χ0n) is 15.1. The van der Waals surface area contributed by atoms with E-state index in [1.807, 2.05) is 30.3 Å². The van der Waals surface area contributed by atoms with Gasteiger partial charge in [0, 0.05) is 19.5 Å². The molecule has 150 valence electrons. The molecule has 0 spiro atoms. The lowest BCUT2D eigenvalue weighted by Crippen LogP contribution is -2.27. The van der Waals surface area contributed by atoms with E-state index in [1.54, 1.807) is 0 Å². The maximum absolute atomic E-state index is 12.5. The highest BCUT2D eigenvalue weighted by Gasteiger charge is 2.29. The molecule has 2 rings (SSSR count). The molecule has 2 amide bonds. The predicted octanol–water partition coefficient (Wildman–Crippen LogP) is 4.03. The number of amides is 2. The summed E-state index contributed by atoms with van der Waals surface area (Å²) in [4.78, 5) is 23.3. The Hall–Kier alpha value is -3.03. The van der Waals surface area contributed by atoms with E-state index in [2.05, 4.69) is 10.6 Å². The van der Waals surface area contributed by atoms with Gasteiger partial charge in [-0.05, 0) is 29.7 Å². The molecule has 2 N–H and O–H groups in total. The van der Waals surface area contributed by atoms with Crippen LogP contribution >= 0.6 is 0 Å². The monoisotopic (exact) mass is 394 g/mol. The molecular weight excluding hydrogens is 373 g/mol. The van der Waals surface area contributed by atoms with Crippen molar-refractivity contribution in [2.45, 2.75) is 32.2 Å². The Morgan fingerprint density at radius 1 is 0.893 bits per heavy atom. The third-order valence-corrected chi connectivity index (χ3v) is 3.83. The summed E-state index contributed by atoms with van der Waals surface area (Å²) in [6.07, 6.45) is -4.34. The summed E-state index contributed by atoms with van der Waals surface area (Å²) in [6, 6.07) is 13.9.